The molecule has 3 rings (SSSR count). The summed E-state index contributed by atoms with van der Waals surface area (Å²) in [5.41, 5.74) is 1.76. The molecule has 1 saturated carbocycles. The molecule has 2 aliphatic rings. The van der Waals surface area contributed by atoms with Crippen molar-refractivity contribution in [3.05, 3.63) is 41.5 Å². The molecule has 1 amide bonds. The molecular weight excluding hydrogens is 334 g/mol. The van der Waals surface area contributed by atoms with E-state index in [4.69, 9.17) is 0 Å². The number of sulfone groups is 1. The highest BCUT2D eigenvalue weighted by Crippen LogP contribution is 2.44. The van der Waals surface area contributed by atoms with Gasteiger partial charge in [0.05, 0.1) is 10.3 Å². The Kier molecular flexibility index (Phi) is 5.05. The molecule has 0 heterocycles. The molecule has 1 N–H and O–H groups in total. The zero-order chi connectivity index (χ0) is 18.1. The number of rotatable bonds is 5. The summed E-state index contributed by atoms with van der Waals surface area (Å²) in [6.45, 7) is 2.06. The molecular formula is C20H27NO3S. The van der Waals surface area contributed by atoms with Crippen LogP contribution in [0.3, 0.4) is 0 Å². The number of carbonyl (C=O) groups is 1. The van der Waals surface area contributed by atoms with Crippen LogP contribution in [-0.4, -0.2) is 26.6 Å². The van der Waals surface area contributed by atoms with Crippen molar-refractivity contribution in [2.45, 2.75) is 68.2 Å². The van der Waals surface area contributed by atoms with Gasteiger partial charge in [0.2, 0.25) is 5.91 Å². The van der Waals surface area contributed by atoms with Gasteiger partial charge in [-0.15, -0.1) is 0 Å². The van der Waals surface area contributed by atoms with Gasteiger partial charge in [0.25, 0.3) is 0 Å². The molecule has 0 radical (unpaired) electrons. The largest absolute Gasteiger partial charge is 0.349 e. The van der Waals surface area contributed by atoms with Crippen LogP contribution in [0.15, 0.2) is 40.8 Å². The van der Waals surface area contributed by atoms with Crippen molar-refractivity contribution < 1.29 is 13.2 Å². The lowest BCUT2D eigenvalue weighted by molar-refractivity contribution is -0.130. The highest BCUT2D eigenvalue weighted by Gasteiger charge is 2.46. The average molecular weight is 362 g/mol. The van der Waals surface area contributed by atoms with Crippen LogP contribution >= 0.6 is 0 Å². The van der Waals surface area contributed by atoms with Crippen molar-refractivity contribution in [1.29, 1.82) is 0 Å². The van der Waals surface area contributed by atoms with Crippen molar-refractivity contribution in [3.63, 3.8) is 0 Å². The Morgan fingerprint density at radius 3 is 2.28 bits per heavy atom. The van der Waals surface area contributed by atoms with E-state index in [2.05, 4.69) is 18.3 Å². The number of hydrogen-bond donors (Lipinski definition) is 1. The molecule has 0 aliphatic heterocycles. The van der Waals surface area contributed by atoms with Gasteiger partial charge >= 0.3 is 0 Å². The van der Waals surface area contributed by atoms with Gasteiger partial charge in [-0.25, -0.2) is 8.42 Å². The molecule has 0 saturated heterocycles. The SMILES string of the molecule is C[C@@H](NC(=O)C1(c2ccc(S(C)(=O)=O)cc2)CCC1)C1=CCCCC1. The second-order valence-electron chi connectivity index (χ2n) is 7.45. The minimum Gasteiger partial charge on any atom is -0.349 e. The van der Waals surface area contributed by atoms with E-state index in [1.807, 2.05) is 0 Å². The van der Waals surface area contributed by atoms with Crippen LogP contribution in [0.1, 0.15) is 57.4 Å². The Balaban J connectivity index is 1.78. The maximum atomic E-state index is 13.0. The zero-order valence-corrected chi connectivity index (χ0v) is 15.9. The molecule has 1 atom stereocenters. The topological polar surface area (TPSA) is 63.2 Å². The summed E-state index contributed by atoms with van der Waals surface area (Å²) in [6.07, 6.45) is 10.7. The quantitative estimate of drug-likeness (QED) is 0.816. The Morgan fingerprint density at radius 1 is 1.12 bits per heavy atom. The number of nitrogens with one attached hydrogen (secondary N) is 1. The van der Waals surface area contributed by atoms with Crippen molar-refractivity contribution in [1.82, 2.24) is 5.32 Å². The average Bonchev–Trinajstić information content (AvgIpc) is 2.54. The molecule has 0 spiro atoms. The van der Waals surface area contributed by atoms with Gasteiger partial charge < -0.3 is 5.32 Å². The van der Waals surface area contributed by atoms with Gasteiger partial charge in [-0.1, -0.05) is 30.2 Å². The molecule has 0 bridgehead atoms. The molecule has 25 heavy (non-hydrogen) atoms. The summed E-state index contributed by atoms with van der Waals surface area (Å²) in [4.78, 5) is 13.3. The van der Waals surface area contributed by atoms with E-state index in [-0.39, 0.29) is 11.9 Å². The normalized spacial score (nSPS) is 21.0. The predicted octanol–water partition coefficient (Wildman–Crippen LogP) is 3.52. The summed E-state index contributed by atoms with van der Waals surface area (Å²) < 4.78 is 23.3. The van der Waals surface area contributed by atoms with Crippen LogP contribution < -0.4 is 5.32 Å². The second kappa shape index (κ2) is 6.94. The van der Waals surface area contributed by atoms with E-state index in [0.717, 1.165) is 37.7 Å². The molecule has 0 aromatic heterocycles. The fourth-order valence-electron chi connectivity index (χ4n) is 3.88. The van der Waals surface area contributed by atoms with E-state index in [1.165, 1.54) is 24.7 Å². The third-order valence-corrected chi connectivity index (χ3v) is 6.84. The van der Waals surface area contributed by atoms with Crippen LogP contribution in [0.25, 0.3) is 0 Å². The lowest BCUT2D eigenvalue weighted by Crippen LogP contribution is -2.51. The summed E-state index contributed by atoms with van der Waals surface area (Å²) in [7, 11) is -3.22. The van der Waals surface area contributed by atoms with Crippen molar-refractivity contribution in [3.8, 4) is 0 Å². The predicted molar refractivity (Wildman–Crippen MR) is 99.2 cm³/mol. The molecule has 1 fully saturated rings. The van der Waals surface area contributed by atoms with E-state index in [0.29, 0.717) is 4.90 Å². The Morgan fingerprint density at radius 2 is 1.80 bits per heavy atom. The first-order chi connectivity index (χ1) is 11.8. The smallest absolute Gasteiger partial charge is 0.231 e. The first kappa shape index (κ1) is 18.2. The highest BCUT2D eigenvalue weighted by atomic mass is 32.2. The lowest BCUT2D eigenvalue weighted by Gasteiger charge is -2.41. The minimum absolute atomic E-state index is 0.0700. The maximum Gasteiger partial charge on any atom is 0.231 e. The maximum absolute atomic E-state index is 13.0. The molecule has 1 aromatic rings. The number of hydrogen-bond acceptors (Lipinski definition) is 3. The van der Waals surface area contributed by atoms with Gasteiger partial charge in [0, 0.05) is 12.3 Å². The third kappa shape index (κ3) is 3.66. The van der Waals surface area contributed by atoms with Crippen LogP contribution in [0.4, 0.5) is 0 Å². The fraction of sp³-hybridized carbons (Fsp3) is 0.550. The third-order valence-electron chi connectivity index (χ3n) is 5.71. The van der Waals surface area contributed by atoms with Crippen molar-refractivity contribution >= 4 is 15.7 Å². The Bertz CT molecular complexity index is 774. The Labute approximate surface area is 150 Å². The molecule has 4 nitrogen and oxygen atoms in total. The van der Waals surface area contributed by atoms with E-state index < -0.39 is 15.3 Å². The molecule has 136 valence electrons. The summed E-state index contributed by atoms with van der Waals surface area (Å²) in [5, 5.41) is 3.21. The number of benzene rings is 1. The minimum atomic E-state index is -3.22. The van der Waals surface area contributed by atoms with Crippen LogP contribution in [-0.2, 0) is 20.0 Å². The summed E-state index contributed by atoms with van der Waals surface area (Å²) in [5.74, 6) is 0.0739. The summed E-state index contributed by atoms with van der Waals surface area (Å²) >= 11 is 0. The number of amides is 1. The van der Waals surface area contributed by atoms with Crippen molar-refractivity contribution in [2.24, 2.45) is 0 Å². The van der Waals surface area contributed by atoms with E-state index in [9.17, 15) is 13.2 Å². The van der Waals surface area contributed by atoms with E-state index >= 15 is 0 Å². The molecule has 5 heteroatoms. The number of allylic oxidation sites excluding steroid dienone is 1. The van der Waals surface area contributed by atoms with Crippen LogP contribution in [0.5, 0.6) is 0 Å². The van der Waals surface area contributed by atoms with Gasteiger partial charge in [-0.05, 0) is 63.1 Å². The summed E-state index contributed by atoms with van der Waals surface area (Å²) in [6, 6.07) is 6.91. The lowest BCUT2D eigenvalue weighted by atomic mass is 9.63. The van der Waals surface area contributed by atoms with E-state index in [1.54, 1.807) is 24.3 Å². The van der Waals surface area contributed by atoms with Crippen molar-refractivity contribution in [2.75, 3.05) is 6.26 Å². The standard InChI is InChI=1S/C20H27NO3S/c1-15(16-7-4-3-5-8-16)21-19(22)20(13-6-14-20)17-9-11-18(12-10-17)25(2,23)24/h7,9-12,15H,3-6,8,13-14H2,1-2H3,(H,21,22)/t15-/m1/s1. The zero-order valence-electron chi connectivity index (χ0n) is 15.0. The van der Waals surface area contributed by atoms with Crippen LogP contribution in [0.2, 0.25) is 0 Å². The van der Waals surface area contributed by atoms with Gasteiger partial charge in [0.1, 0.15) is 0 Å². The molecule has 2 aliphatic carbocycles. The molecule has 0 unspecified atom stereocenters. The number of carbonyl (C=O) groups excluding carboxylic acids is 1. The fourth-order valence-corrected chi connectivity index (χ4v) is 4.51. The molecule has 1 aromatic carbocycles. The first-order valence-corrected chi connectivity index (χ1v) is 11.0. The monoisotopic (exact) mass is 361 g/mol. The highest BCUT2D eigenvalue weighted by molar-refractivity contribution is 7.90. The Hall–Kier alpha value is -1.62. The van der Waals surface area contributed by atoms with Crippen LogP contribution in [0, 0.1) is 0 Å². The first-order valence-electron chi connectivity index (χ1n) is 9.13. The van der Waals surface area contributed by atoms with Gasteiger partial charge in [-0.3, -0.25) is 4.79 Å². The van der Waals surface area contributed by atoms with Gasteiger partial charge in [0.15, 0.2) is 9.84 Å². The second-order valence-corrected chi connectivity index (χ2v) is 9.47. The van der Waals surface area contributed by atoms with Gasteiger partial charge in [-0.2, -0.15) is 0 Å².